The van der Waals surface area contributed by atoms with Crippen LogP contribution in [0.15, 0.2) is 0 Å². The Labute approximate surface area is 82.6 Å². The maximum absolute atomic E-state index is 5.72. The van der Waals surface area contributed by atoms with Crippen molar-refractivity contribution in [2.24, 2.45) is 0 Å². The molecule has 0 amide bonds. The maximum Gasteiger partial charge on any atom is 0.183 e. The van der Waals surface area contributed by atoms with Crippen LogP contribution >= 0.6 is 15.9 Å². The molecule has 0 bridgehead atoms. The van der Waals surface area contributed by atoms with Crippen molar-refractivity contribution < 1.29 is 9.22 Å². The molecule has 70 valence electrons. The third kappa shape index (κ3) is 1.68. The van der Waals surface area contributed by atoms with Crippen molar-refractivity contribution in [2.45, 2.75) is 25.4 Å². The van der Waals surface area contributed by atoms with Crippen LogP contribution in [0.2, 0.25) is 0 Å². The second-order valence-electron chi connectivity index (χ2n) is 4.10. The van der Waals surface area contributed by atoms with E-state index in [9.17, 15) is 0 Å². The van der Waals surface area contributed by atoms with Crippen LogP contribution in [0.4, 0.5) is 0 Å². The molecule has 0 aromatic carbocycles. The van der Waals surface area contributed by atoms with E-state index < -0.39 is 0 Å². The molecule has 2 fully saturated rings. The first-order chi connectivity index (χ1) is 5.85. The van der Waals surface area contributed by atoms with E-state index in [1.807, 2.05) is 0 Å². The standard InChI is InChI=1S/C9H17BrNO/c10-6-9-7-11(8-12-9)4-2-1-3-5-11/h9H,1-8H2/q+1. The third-order valence-electron chi connectivity index (χ3n) is 3.11. The first kappa shape index (κ1) is 8.97. The van der Waals surface area contributed by atoms with Crippen LogP contribution in [0.25, 0.3) is 0 Å². The zero-order chi connectivity index (χ0) is 8.44. The van der Waals surface area contributed by atoms with Gasteiger partial charge in [0.1, 0.15) is 12.6 Å². The molecule has 0 aromatic heterocycles. The molecule has 12 heavy (non-hydrogen) atoms. The van der Waals surface area contributed by atoms with Gasteiger partial charge in [0.15, 0.2) is 6.73 Å². The van der Waals surface area contributed by atoms with Gasteiger partial charge in [-0.1, -0.05) is 15.9 Å². The predicted molar refractivity (Wildman–Crippen MR) is 52.2 cm³/mol. The largest absolute Gasteiger partial charge is 0.322 e. The SMILES string of the molecule is BrCC1C[N+]2(CCCCC2)CO1. The van der Waals surface area contributed by atoms with E-state index in [0.717, 1.165) is 12.1 Å². The fourth-order valence-corrected chi connectivity index (χ4v) is 2.78. The Hall–Kier alpha value is 0.400. The van der Waals surface area contributed by atoms with Crippen molar-refractivity contribution in [3.8, 4) is 0 Å². The van der Waals surface area contributed by atoms with Gasteiger partial charge in [0.05, 0.1) is 13.1 Å². The molecule has 2 aliphatic heterocycles. The van der Waals surface area contributed by atoms with E-state index in [-0.39, 0.29) is 0 Å². The topological polar surface area (TPSA) is 9.23 Å². The van der Waals surface area contributed by atoms with Crippen molar-refractivity contribution >= 4 is 15.9 Å². The summed E-state index contributed by atoms with van der Waals surface area (Å²) in [6, 6.07) is 0. The van der Waals surface area contributed by atoms with E-state index in [0.29, 0.717) is 6.10 Å². The van der Waals surface area contributed by atoms with Crippen LogP contribution < -0.4 is 0 Å². The minimum atomic E-state index is 0.475. The molecule has 0 radical (unpaired) electrons. The average molecular weight is 235 g/mol. The summed E-state index contributed by atoms with van der Waals surface area (Å²) in [5.41, 5.74) is 0. The van der Waals surface area contributed by atoms with E-state index >= 15 is 0 Å². The predicted octanol–water partition coefficient (Wildman–Crippen LogP) is 1.74. The lowest BCUT2D eigenvalue weighted by Crippen LogP contribution is -2.50. The number of rotatable bonds is 1. The van der Waals surface area contributed by atoms with Gasteiger partial charge in [-0.3, -0.25) is 4.48 Å². The summed E-state index contributed by atoms with van der Waals surface area (Å²) in [4.78, 5) is 0. The summed E-state index contributed by atoms with van der Waals surface area (Å²) in [6.07, 6.45) is 4.71. The maximum atomic E-state index is 5.72. The lowest BCUT2D eigenvalue weighted by atomic mass is 10.1. The lowest BCUT2D eigenvalue weighted by molar-refractivity contribution is -0.929. The van der Waals surface area contributed by atoms with Gasteiger partial charge in [-0.25, -0.2) is 0 Å². The molecule has 0 N–H and O–H groups in total. The number of hydrogen-bond donors (Lipinski definition) is 0. The molecule has 0 aromatic rings. The molecule has 3 heteroatoms. The van der Waals surface area contributed by atoms with Crippen LogP contribution in [0.5, 0.6) is 0 Å². The average Bonchev–Trinajstić information content (AvgIpc) is 2.50. The Morgan fingerprint density at radius 2 is 2.00 bits per heavy atom. The molecule has 2 saturated heterocycles. The molecule has 0 saturated carbocycles. The summed E-state index contributed by atoms with van der Waals surface area (Å²) < 4.78 is 6.97. The van der Waals surface area contributed by atoms with Gasteiger partial charge in [-0.2, -0.15) is 0 Å². The summed E-state index contributed by atoms with van der Waals surface area (Å²) in [7, 11) is 0. The molecule has 0 aliphatic carbocycles. The quantitative estimate of drug-likeness (QED) is 0.497. The van der Waals surface area contributed by atoms with Crippen molar-refractivity contribution in [1.29, 1.82) is 0 Å². The fourth-order valence-electron chi connectivity index (χ4n) is 2.39. The van der Waals surface area contributed by atoms with Gasteiger partial charge < -0.3 is 4.74 Å². The van der Waals surface area contributed by atoms with Crippen LogP contribution in [-0.2, 0) is 4.74 Å². The van der Waals surface area contributed by atoms with Gasteiger partial charge in [0, 0.05) is 5.33 Å². The molecular weight excluding hydrogens is 218 g/mol. The first-order valence-electron chi connectivity index (χ1n) is 4.87. The molecule has 1 spiro atoms. The summed E-state index contributed by atoms with van der Waals surface area (Å²) in [5.74, 6) is 0. The monoisotopic (exact) mass is 234 g/mol. The Balaban J connectivity index is 1.94. The van der Waals surface area contributed by atoms with Crippen LogP contribution in [0.1, 0.15) is 19.3 Å². The zero-order valence-corrected chi connectivity index (χ0v) is 9.05. The van der Waals surface area contributed by atoms with Gasteiger partial charge >= 0.3 is 0 Å². The number of nitrogens with zero attached hydrogens (tertiary/aromatic N) is 1. The number of halogens is 1. The van der Waals surface area contributed by atoms with E-state index in [4.69, 9.17) is 4.74 Å². The summed E-state index contributed by atoms with van der Waals surface area (Å²) in [5, 5.41) is 1.01. The first-order valence-corrected chi connectivity index (χ1v) is 5.99. The fraction of sp³-hybridized carbons (Fsp3) is 1.00. The normalized spacial score (nSPS) is 34.2. The molecular formula is C9H17BrNO+. The number of hydrogen-bond acceptors (Lipinski definition) is 1. The van der Waals surface area contributed by atoms with Crippen LogP contribution in [-0.4, -0.2) is 42.3 Å². The van der Waals surface area contributed by atoms with E-state index in [1.54, 1.807) is 0 Å². The molecule has 2 rings (SSSR count). The molecule has 2 nitrogen and oxygen atoms in total. The van der Waals surface area contributed by atoms with Crippen molar-refractivity contribution in [3.63, 3.8) is 0 Å². The minimum absolute atomic E-state index is 0.475. The Morgan fingerprint density at radius 1 is 1.25 bits per heavy atom. The zero-order valence-electron chi connectivity index (χ0n) is 7.47. The summed E-state index contributed by atoms with van der Waals surface area (Å²) in [6.45, 7) is 4.91. The molecule has 2 heterocycles. The molecule has 1 unspecified atom stereocenters. The van der Waals surface area contributed by atoms with Crippen LogP contribution in [0.3, 0.4) is 0 Å². The highest BCUT2D eigenvalue weighted by Gasteiger charge is 2.39. The van der Waals surface area contributed by atoms with Crippen LogP contribution in [0, 0.1) is 0 Å². The van der Waals surface area contributed by atoms with Gasteiger partial charge in [-0.05, 0) is 19.3 Å². The Kier molecular flexibility index (Phi) is 2.72. The Bertz CT molecular complexity index is 157. The van der Waals surface area contributed by atoms with Crippen molar-refractivity contribution in [3.05, 3.63) is 0 Å². The number of alkyl halides is 1. The second kappa shape index (κ2) is 3.64. The lowest BCUT2D eigenvalue weighted by Gasteiger charge is -2.35. The highest BCUT2D eigenvalue weighted by molar-refractivity contribution is 9.09. The minimum Gasteiger partial charge on any atom is -0.322 e. The Morgan fingerprint density at radius 3 is 2.58 bits per heavy atom. The van der Waals surface area contributed by atoms with Crippen molar-refractivity contribution in [1.82, 2.24) is 0 Å². The molecule has 1 atom stereocenters. The smallest absolute Gasteiger partial charge is 0.183 e. The number of ether oxygens (including phenoxy) is 1. The summed E-state index contributed by atoms with van der Waals surface area (Å²) >= 11 is 3.49. The number of quaternary nitrogens is 1. The molecule has 2 aliphatic rings. The van der Waals surface area contributed by atoms with Crippen molar-refractivity contribution in [2.75, 3.05) is 31.7 Å². The van der Waals surface area contributed by atoms with E-state index in [2.05, 4.69) is 15.9 Å². The third-order valence-corrected chi connectivity index (χ3v) is 3.83. The number of piperidine rings is 1. The van der Waals surface area contributed by atoms with E-state index in [1.165, 1.54) is 43.4 Å². The highest BCUT2D eigenvalue weighted by atomic mass is 79.9. The second-order valence-corrected chi connectivity index (χ2v) is 4.75. The highest BCUT2D eigenvalue weighted by Crippen LogP contribution is 2.25. The van der Waals surface area contributed by atoms with Gasteiger partial charge in [0.25, 0.3) is 0 Å². The van der Waals surface area contributed by atoms with Gasteiger partial charge in [-0.15, -0.1) is 0 Å². The van der Waals surface area contributed by atoms with Gasteiger partial charge in [0.2, 0.25) is 0 Å².